The lowest BCUT2D eigenvalue weighted by Crippen LogP contribution is -2.29. The second-order valence-corrected chi connectivity index (χ2v) is 9.43. The molecule has 0 bridgehead atoms. The minimum Gasteiger partial charge on any atom is -0.378 e. The molecule has 0 saturated heterocycles. The van der Waals surface area contributed by atoms with Gasteiger partial charge in [0.1, 0.15) is 5.82 Å². The summed E-state index contributed by atoms with van der Waals surface area (Å²) in [6.45, 7) is 0. The molecule has 152 valence electrons. The number of benzene rings is 3. The summed E-state index contributed by atoms with van der Waals surface area (Å²) in [5.41, 5.74) is 3.45. The number of para-hydroxylation sites is 1. The van der Waals surface area contributed by atoms with E-state index in [1.807, 2.05) is 24.3 Å². The molecule has 30 heavy (non-hydrogen) atoms. The van der Waals surface area contributed by atoms with E-state index in [1.165, 1.54) is 12.1 Å². The minimum atomic E-state index is -3.69. The van der Waals surface area contributed by atoms with Gasteiger partial charge in [0, 0.05) is 17.3 Å². The maximum absolute atomic E-state index is 13.4. The third-order valence-corrected chi connectivity index (χ3v) is 7.28. The van der Waals surface area contributed by atoms with Crippen molar-refractivity contribution in [2.24, 2.45) is 5.92 Å². The van der Waals surface area contributed by atoms with Crippen LogP contribution in [0.15, 0.2) is 89.8 Å². The molecule has 6 heteroatoms. The van der Waals surface area contributed by atoms with E-state index in [4.69, 9.17) is 0 Å². The maximum Gasteiger partial charge on any atom is 0.261 e. The zero-order chi connectivity index (χ0) is 20.7. The molecule has 3 aromatic carbocycles. The Balaban J connectivity index is 1.50. The van der Waals surface area contributed by atoms with E-state index in [9.17, 15) is 12.8 Å². The van der Waals surface area contributed by atoms with E-state index in [-0.39, 0.29) is 28.6 Å². The highest BCUT2D eigenvalue weighted by Gasteiger charge is 2.38. The number of allylic oxidation sites excluding steroid dienone is 2. The Labute approximate surface area is 175 Å². The number of nitrogens with one attached hydrogen (secondary N) is 2. The number of hydrogen-bond donors (Lipinski definition) is 2. The van der Waals surface area contributed by atoms with Crippen LogP contribution in [0.4, 0.5) is 15.8 Å². The molecular weight excluding hydrogens is 399 g/mol. The molecule has 0 fully saturated rings. The number of anilines is 2. The summed E-state index contributed by atoms with van der Waals surface area (Å²) in [6.07, 6.45) is 5.19. The number of hydrogen-bond acceptors (Lipinski definition) is 3. The summed E-state index contributed by atoms with van der Waals surface area (Å²) in [5.74, 6) is 0.114. The topological polar surface area (TPSA) is 58.2 Å². The van der Waals surface area contributed by atoms with Gasteiger partial charge in [-0.05, 0) is 65.9 Å². The average molecular weight is 421 g/mol. The van der Waals surface area contributed by atoms with E-state index in [1.54, 1.807) is 36.4 Å². The quantitative estimate of drug-likeness (QED) is 0.552. The third-order valence-electron chi connectivity index (χ3n) is 5.90. The SMILES string of the molecule is O=S(=O)(Nc1ccccc1)c1ccc2c(c1)C1C=CCC1C(c1ccc(F)cc1)N2. The molecule has 3 atom stereocenters. The first-order valence-corrected chi connectivity index (χ1v) is 11.4. The van der Waals surface area contributed by atoms with Crippen LogP contribution in [0.5, 0.6) is 0 Å². The van der Waals surface area contributed by atoms with Crippen molar-refractivity contribution >= 4 is 21.4 Å². The average Bonchev–Trinajstić information content (AvgIpc) is 3.24. The Morgan fingerprint density at radius 1 is 0.967 bits per heavy atom. The molecule has 3 unspecified atom stereocenters. The van der Waals surface area contributed by atoms with Crippen LogP contribution >= 0.6 is 0 Å². The normalized spacial score (nSPS) is 22.1. The number of rotatable bonds is 4. The molecule has 1 aliphatic heterocycles. The molecule has 0 radical (unpaired) electrons. The van der Waals surface area contributed by atoms with Crippen molar-refractivity contribution in [3.8, 4) is 0 Å². The predicted octanol–water partition coefficient (Wildman–Crippen LogP) is 5.45. The first-order valence-electron chi connectivity index (χ1n) is 9.92. The third kappa shape index (κ3) is 3.37. The van der Waals surface area contributed by atoms with Gasteiger partial charge in [-0.15, -0.1) is 0 Å². The highest BCUT2D eigenvalue weighted by molar-refractivity contribution is 7.92. The predicted molar refractivity (Wildman–Crippen MR) is 116 cm³/mol. The van der Waals surface area contributed by atoms with E-state index >= 15 is 0 Å². The van der Waals surface area contributed by atoms with Gasteiger partial charge in [-0.1, -0.05) is 42.5 Å². The fourth-order valence-electron chi connectivity index (χ4n) is 4.46. The molecule has 4 nitrogen and oxygen atoms in total. The molecule has 0 amide bonds. The Kier molecular flexibility index (Phi) is 4.59. The zero-order valence-electron chi connectivity index (χ0n) is 16.1. The van der Waals surface area contributed by atoms with E-state index in [2.05, 4.69) is 22.2 Å². The fraction of sp³-hybridized carbons (Fsp3) is 0.167. The van der Waals surface area contributed by atoms with E-state index < -0.39 is 10.0 Å². The zero-order valence-corrected chi connectivity index (χ0v) is 16.9. The first-order chi connectivity index (χ1) is 14.5. The van der Waals surface area contributed by atoms with Crippen LogP contribution in [-0.2, 0) is 10.0 Å². The molecular formula is C24H21FN2O2S. The number of sulfonamides is 1. The smallest absolute Gasteiger partial charge is 0.261 e. The molecule has 3 aromatic rings. The summed E-state index contributed by atoms with van der Waals surface area (Å²) in [6, 6.07) is 20.7. The van der Waals surface area contributed by atoms with Crippen molar-refractivity contribution in [1.82, 2.24) is 0 Å². The highest BCUT2D eigenvalue weighted by Crippen LogP contribution is 2.50. The second kappa shape index (κ2) is 7.29. The van der Waals surface area contributed by atoms with Crippen LogP contribution in [0, 0.1) is 11.7 Å². The van der Waals surface area contributed by atoms with Crippen molar-refractivity contribution in [1.29, 1.82) is 0 Å². The minimum absolute atomic E-state index is 0.0444. The molecule has 1 heterocycles. The van der Waals surface area contributed by atoms with Crippen molar-refractivity contribution < 1.29 is 12.8 Å². The van der Waals surface area contributed by atoms with E-state index in [0.717, 1.165) is 23.2 Å². The standard InChI is InChI=1S/C24H21FN2O2S/c25-17-11-9-16(10-12-17)24-21-8-4-7-20(21)22-15-19(13-14-23(22)26-24)30(28,29)27-18-5-2-1-3-6-18/h1-7,9-15,20-21,24,26-27H,8H2. The summed E-state index contributed by atoms with van der Waals surface area (Å²) in [7, 11) is -3.69. The monoisotopic (exact) mass is 420 g/mol. The van der Waals surface area contributed by atoms with Gasteiger partial charge in [-0.25, -0.2) is 12.8 Å². The molecule has 5 rings (SSSR count). The van der Waals surface area contributed by atoms with Crippen molar-refractivity contribution in [3.63, 3.8) is 0 Å². The Bertz CT molecular complexity index is 1210. The Morgan fingerprint density at radius 2 is 1.73 bits per heavy atom. The van der Waals surface area contributed by atoms with Gasteiger partial charge < -0.3 is 5.32 Å². The second-order valence-electron chi connectivity index (χ2n) is 7.75. The summed E-state index contributed by atoms with van der Waals surface area (Å²) < 4.78 is 41.8. The van der Waals surface area contributed by atoms with Crippen molar-refractivity contribution in [2.45, 2.75) is 23.3 Å². The van der Waals surface area contributed by atoms with Gasteiger partial charge in [-0.3, -0.25) is 4.72 Å². The van der Waals surface area contributed by atoms with Crippen LogP contribution in [0.2, 0.25) is 0 Å². The lowest BCUT2D eigenvalue weighted by atomic mass is 9.77. The molecule has 2 aliphatic rings. The molecule has 0 spiro atoms. The maximum atomic E-state index is 13.4. The lowest BCUT2D eigenvalue weighted by molar-refractivity contribution is 0.424. The van der Waals surface area contributed by atoms with Crippen molar-refractivity contribution in [3.05, 3.63) is 102 Å². The van der Waals surface area contributed by atoms with Crippen molar-refractivity contribution in [2.75, 3.05) is 10.0 Å². The summed E-state index contributed by atoms with van der Waals surface area (Å²) >= 11 is 0. The number of fused-ring (bicyclic) bond motifs is 3. The first kappa shape index (κ1) is 18.9. The summed E-state index contributed by atoms with van der Waals surface area (Å²) in [5, 5.41) is 3.55. The number of halogens is 1. The lowest BCUT2D eigenvalue weighted by Gasteiger charge is -2.37. The van der Waals surface area contributed by atoms with Gasteiger partial charge in [-0.2, -0.15) is 0 Å². The van der Waals surface area contributed by atoms with Gasteiger partial charge >= 0.3 is 0 Å². The molecule has 1 aliphatic carbocycles. The fourth-order valence-corrected chi connectivity index (χ4v) is 5.55. The van der Waals surface area contributed by atoms with E-state index in [0.29, 0.717) is 5.69 Å². The van der Waals surface area contributed by atoms with Crippen LogP contribution in [0.1, 0.15) is 29.5 Å². The Morgan fingerprint density at radius 3 is 2.50 bits per heavy atom. The molecule has 2 N–H and O–H groups in total. The van der Waals surface area contributed by atoms with Crippen LogP contribution in [0.25, 0.3) is 0 Å². The summed E-state index contributed by atoms with van der Waals surface area (Å²) in [4.78, 5) is 0.242. The van der Waals surface area contributed by atoms with Gasteiger partial charge in [0.2, 0.25) is 0 Å². The molecule has 0 aromatic heterocycles. The van der Waals surface area contributed by atoms with Crippen LogP contribution in [0.3, 0.4) is 0 Å². The Hall–Kier alpha value is -3.12. The van der Waals surface area contributed by atoms with Gasteiger partial charge in [0.05, 0.1) is 10.9 Å². The van der Waals surface area contributed by atoms with Crippen LogP contribution < -0.4 is 10.0 Å². The molecule has 0 saturated carbocycles. The highest BCUT2D eigenvalue weighted by atomic mass is 32.2. The van der Waals surface area contributed by atoms with Crippen LogP contribution in [-0.4, -0.2) is 8.42 Å². The van der Waals surface area contributed by atoms with Gasteiger partial charge in [0.15, 0.2) is 0 Å². The van der Waals surface area contributed by atoms with Gasteiger partial charge in [0.25, 0.3) is 10.0 Å². The largest absolute Gasteiger partial charge is 0.378 e.